The van der Waals surface area contributed by atoms with Gasteiger partial charge >= 0.3 is 0 Å². The molecular weight excluding hydrogens is 348 g/mol. The molecule has 7 heteroatoms. The fraction of sp³-hybridized carbons (Fsp3) is 0.300. The number of amides is 2. The fourth-order valence-electron chi connectivity index (χ4n) is 2.58. The lowest BCUT2D eigenvalue weighted by Gasteiger charge is -2.22. The van der Waals surface area contributed by atoms with Crippen molar-refractivity contribution in [2.24, 2.45) is 0 Å². The predicted octanol–water partition coefficient (Wildman–Crippen LogP) is 2.70. The number of ether oxygens (including phenoxy) is 3. The van der Waals surface area contributed by atoms with Crippen molar-refractivity contribution in [3.63, 3.8) is 0 Å². The molecule has 2 amide bonds. The number of para-hydroxylation sites is 1. The summed E-state index contributed by atoms with van der Waals surface area (Å²) >= 11 is 0. The maximum atomic E-state index is 12.5. The van der Waals surface area contributed by atoms with E-state index in [0.717, 1.165) is 5.56 Å². The smallest absolute Gasteiger partial charge is 0.244 e. The first-order valence-electron chi connectivity index (χ1n) is 8.37. The van der Waals surface area contributed by atoms with E-state index >= 15 is 0 Å². The zero-order chi connectivity index (χ0) is 19.8. The first-order valence-corrected chi connectivity index (χ1v) is 8.37. The lowest BCUT2D eigenvalue weighted by molar-refractivity contribution is -0.133. The Kier molecular flexibility index (Phi) is 7.05. The van der Waals surface area contributed by atoms with Gasteiger partial charge in [-0.15, -0.1) is 0 Å². The molecule has 2 aromatic carbocycles. The van der Waals surface area contributed by atoms with Crippen LogP contribution in [0.5, 0.6) is 17.2 Å². The third-order valence-electron chi connectivity index (χ3n) is 4.02. The van der Waals surface area contributed by atoms with E-state index in [2.05, 4.69) is 5.32 Å². The highest BCUT2D eigenvalue weighted by Crippen LogP contribution is 2.29. The van der Waals surface area contributed by atoms with E-state index < -0.39 is 0 Å². The molecule has 0 aliphatic carbocycles. The number of carbonyl (C=O) groups excluding carboxylic acids is 2. The molecule has 0 bridgehead atoms. The van der Waals surface area contributed by atoms with Gasteiger partial charge in [0.25, 0.3) is 0 Å². The number of rotatable bonds is 8. The maximum Gasteiger partial charge on any atom is 0.244 e. The second-order valence-corrected chi connectivity index (χ2v) is 5.80. The van der Waals surface area contributed by atoms with Gasteiger partial charge in [-0.2, -0.15) is 0 Å². The number of hydrogen-bond donors (Lipinski definition) is 1. The molecule has 0 aliphatic heterocycles. The van der Waals surface area contributed by atoms with Gasteiger partial charge in [-0.3, -0.25) is 9.59 Å². The molecule has 144 valence electrons. The summed E-state index contributed by atoms with van der Waals surface area (Å²) in [6, 6.07) is 12.5. The SMILES string of the molecule is COc1ccc(NC(=O)CN(Cc2ccccc2OC)C(C)=O)c(OC)c1. The lowest BCUT2D eigenvalue weighted by atomic mass is 10.2. The first kappa shape index (κ1) is 20.1. The molecule has 0 aromatic heterocycles. The second-order valence-electron chi connectivity index (χ2n) is 5.80. The van der Waals surface area contributed by atoms with Crippen LogP contribution < -0.4 is 19.5 Å². The summed E-state index contributed by atoms with van der Waals surface area (Å²) < 4.78 is 15.7. The largest absolute Gasteiger partial charge is 0.497 e. The number of hydrogen-bond acceptors (Lipinski definition) is 5. The molecule has 0 saturated heterocycles. The zero-order valence-corrected chi connectivity index (χ0v) is 15.9. The van der Waals surface area contributed by atoms with Crippen LogP contribution in [0.4, 0.5) is 5.69 Å². The molecule has 1 N–H and O–H groups in total. The van der Waals surface area contributed by atoms with Crippen LogP contribution in [0.1, 0.15) is 12.5 Å². The number of nitrogens with one attached hydrogen (secondary N) is 1. The summed E-state index contributed by atoms with van der Waals surface area (Å²) in [7, 11) is 4.63. The van der Waals surface area contributed by atoms with E-state index in [9.17, 15) is 9.59 Å². The Bertz CT molecular complexity index is 807. The average Bonchev–Trinajstić information content (AvgIpc) is 2.68. The zero-order valence-electron chi connectivity index (χ0n) is 15.9. The van der Waals surface area contributed by atoms with Crippen LogP contribution >= 0.6 is 0 Å². The molecule has 0 atom stereocenters. The summed E-state index contributed by atoms with van der Waals surface area (Å²) in [5, 5.41) is 2.77. The predicted molar refractivity (Wildman–Crippen MR) is 102 cm³/mol. The third-order valence-corrected chi connectivity index (χ3v) is 4.02. The van der Waals surface area contributed by atoms with E-state index in [-0.39, 0.29) is 24.9 Å². The minimum absolute atomic E-state index is 0.0947. The van der Waals surface area contributed by atoms with Crippen LogP contribution in [0.15, 0.2) is 42.5 Å². The standard InChI is InChI=1S/C20H24N2O5/c1-14(23)22(12-15-7-5-6-8-18(15)26-3)13-20(24)21-17-10-9-16(25-2)11-19(17)27-4/h5-11H,12-13H2,1-4H3,(H,21,24). The Morgan fingerprint density at radius 3 is 2.30 bits per heavy atom. The number of benzene rings is 2. The van der Waals surface area contributed by atoms with Crippen LogP contribution in [0.25, 0.3) is 0 Å². The highest BCUT2D eigenvalue weighted by molar-refractivity contribution is 5.95. The minimum atomic E-state index is -0.330. The third kappa shape index (κ3) is 5.37. The van der Waals surface area contributed by atoms with Gasteiger partial charge in [0.2, 0.25) is 11.8 Å². The molecule has 0 heterocycles. The van der Waals surface area contributed by atoms with E-state index in [0.29, 0.717) is 22.9 Å². The highest BCUT2D eigenvalue weighted by atomic mass is 16.5. The average molecular weight is 372 g/mol. The monoisotopic (exact) mass is 372 g/mol. The van der Waals surface area contributed by atoms with Crippen molar-refractivity contribution >= 4 is 17.5 Å². The number of methoxy groups -OCH3 is 3. The topological polar surface area (TPSA) is 77.1 Å². The summed E-state index contributed by atoms with van der Waals surface area (Å²) in [6.45, 7) is 1.60. The molecule has 0 saturated carbocycles. The van der Waals surface area contributed by atoms with Crippen molar-refractivity contribution in [2.45, 2.75) is 13.5 Å². The lowest BCUT2D eigenvalue weighted by Crippen LogP contribution is -2.36. The maximum absolute atomic E-state index is 12.5. The van der Waals surface area contributed by atoms with Gasteiger partial charge in [0.1, 0.15) is 23.8 Å². The van der Waals surface area contributed by atoms with Crippen molar-refractivity contribution in [2.75, 3.05) is 33.2 Å². The van der Waals surface area contributed by atoms with Crippen molar-refractivity contribution in [1.29, 1.82) is 0 Å². The van der Waals surface area contributed by atoms with Gasteiger partial charge in [0, 0.05) is 25.1 Å². The second kappa shape index (κ2) is 9.47. The molecule has 27 heavy (non-hydrogen) atoms. The van der Waals surface area contributed by atoms with Crippen LogP contribution in [0.2, 0.25) is 0 Å². The quantitative estimate of drug-likeness (QED) is 0.771. The Hall–Kier alpha value is -3.22. The van der Waals surface area contributed by atoms with Crippen molar-refractivity contribution in [3.8, 4) is 17.2 Å². The van der Waals surface area contributed by atoms with Gasteiger partial charge in [0.05, 0.1) is 27.0 Å². The minimum Gasteiger partial charge on any atom is -0.497 e. The molecule has 7 nitrogen and oxygen atoms in total. The van der Waals surface area contributed by atoms with E-state index in [4.69, 9.17) is 14.2 Å². The van der Waals surface area contributed by atoms with Gasteiger partial charge in [-0.05, 0) is 18.2 Å². The van der Waals surface area contributed by atoms with E-state index in [1.54, 1.807) is 32.4 Å². The molecule has 2 aromatic rings. The van der Waals surface area contributed by atoms with Crippen molar-refractivity contribution < 1.29 is 23.8 Å². The molecule has 0 radical (unpaired) electrons. The van der Waals surface area contributed by atoms with Crippen LogP contribution in [0, 0.1) is 0 Å². The Morgan fingerprint density at radius 2 is 1.67 bits per heavy atom. The fourth-order valence-corrected chi connectivity index (χ4v) is 2.58. The summed E-state index contributed by atoms with van der Waals surface area (Å²) in [5.74, 6) is 1.22. The summed E-state index contributed by atoms with van der Waals surface area (Å²) in [5.41, 5.74) is 1.33. The van der Waals surface area contributed by atoms with Crippen molar-refractivity contribution in [1.82, 2.24) is 4.90 Å². The number of nitrogens with zero attached hydrogens (tertiary/aromatic N) is 1. The molecule has 2 rings (SSSR count). The van der Waals surface area contributed by atoms with Gasteiger partial charge in [-0.25, -0.2) is 0 Å². The van der Waals surface area contributed by atoms with Crippen LogP contribution in [-0.4, -0.2) is 44.6 Å². The van der Waals surface area contributed by atoms with Gasteiger partial charge in [0.15, 0.2) is 0 Å². The highest BCUT2D eigenvalue weighted by Gasteiger charge is 2.17. The van der Waals surface area contributed by atoms with Crippen molar-refractivity contribution in [3.05, 3.63) is 48.0 Å². The van der Waals surface area contributed by atoms with Gasteiger partial charge in [-0.1, -0.05) is 18.2 Å². The normalized spacial score (nSPS) is 10.1. The summed E-state index contributed by atoms with van der Waals surface area (Å²) in [4.78, 5) is 25.9. The first-order chi connectivity index (χ1) is 13.0. The molecule has 0 spiro atoms. The molecule has 0 unspecified atom stereocenters. The van der Waals surface area contributed by atoms with E-state index in [1.807, 2.05) is 24.3 Å². The van der Waals surface area contributed by atoms with Crippen LogP contribution in [0.3, 0.4) is 0 Å². The molecule has 0 fully saturated rings. The van der Waals surface area contributed by atoms with Crippen LogP contribution in [-0.2, 0) is 16.1 Å². The van der Waals surface area contributed by atoms with E-state index in [1.165, 1.54) is 18.9 Å². The molecular formula is C20H24N2O5. The Balaban J connectivity index is 2.10. The molecule has 0 aliphatic rings. The number of carbonyl (C=O) groups is 2. The van der Waals surface area contributed by atoms with Gasteiger partial charge < -0.3 is 24.4 Å². The number of anilines is 1. The summed E-state index contributed by atoms with van der Waals surface area (Å²) in [6.07, 6.45) is 0. The Labute approximate surface area is 158 Å². The Morgan fingerprint density at radius 1 is 0.963 bits per heavy atom.